The Morgan fingerprint density at radius 2 is 1.71 bits per heavy atom. The highest BCUT2D eigenvalue weighted by Gasteiger charge is 2.22. The number of likely N-dealkylation sites (N-methyl/N-ethyl adjacent to an activating group) is 1. The zero-order valence-electron chi connectivity index (χ0n) is 14.4. The fourth-order valence-corrected chi connectivity index (χ4v) is 2.78. The summed E-state index contributed by atoms with van der Waals surface area (Å²) < 4.78 is 0. The van der Waals surface area contributed by atoms with E-state index >= 15 is 0 Å². The number of benzene rings is 2. The van der Waals surface area contributed by atoms with Crippen LogP contribution in [0.25, 0.3) is 10.8 Å². The van der Waals surface area contributed by atoms with E-state index < -0.39 is 5.97 Å². The molecule has 0 radical (unpaired) electrons. The van der Waals surface area contributed by atoms with Gasteiger partial charge in [-0.1, -0.05) is 36.4 Å². The second kappa shape index (κ2) is 7.93. The van der Waals surface area contributed by atoms with Gasteiger partial charge in [-0.15, -0.1) is 0 Å². The summed E-state index contributed by atoms with van der Waals surface area (Å²) in [5, 5.41) is 11.1. The number of carbonyl (C=O) groups is 2. The van der Waals surface area contributed by atoms with Crippen LogP contribution in [0, 0.1) is 0 Å². The molecule has 0 aliphatic rings. The molecule has 5 nitrogen and oxygen atoms in total. The summed E-state index contributed by atoms with van der Waals surface area (Å²) in [6, 6.07) is 13.8. The van der Waals surface area contributed by atoms with Crippen LogP contribution >= 0.6 is 0 Å². The second-order valence-corrected chi connectivity index (χ2v) is 6.03. The van der Waals surface area contributed by atoms with Crippen LogP contribution in [0.1, 0.15) is 20.8 Å². The summed E-state index contributed by atoms with van der Waals surface area (Å²) in [4.78, 5) is 27.2. The SMILES string of the molecule is CCN(C(=O)CN(CC(=O)O)C(C)C)c1cccc2ccccc12. The average Bonchev–Trinajstić information content (AvgIpc) is 2.54. The minimum absolute atomic E-state index is 0.0173. The average molecular weight is 328 g/mol. The van der Waals surface area contributed by atoms with Crippen LogP contribution in [0.15, 0.2) is 42.5 Å². The largest absolute Gasteiger partial charge is 0.480 e. The molecule has 0 aliphatic heterocycles. The number of rotatable bonds is 7. The third-order valence-corrected chi connectivity index (χ3v) is 4.08. The Labute approximate surface area is 142 Å². The third kappa shape index (κ3) is 4.11. The maximum absolute atomic E-state index is 12.8. The van der Waals surface area contributed by atoms with Crippen molar-refractivity contribution in [3.8, 4) is 0 Å². The number of carboxylic acids is 1. The van der Waals surface area contributed by atoms with Gasteiger partial charge in [-0.3, -0.25) is 14.5 Å². The molecule has 0 fully saturated rings. The van der Waals surface area contributed by atoms with Gasteiger partial charge in [-0.2, -0.15) is 0 Å². The van der Waals surface area contributed by atoms with E-state index in [-0.39, 0.29) is 25.0 Å². The summed E-state index contributed by atoms with van der Waals surface area (Å²) in [6.45, 7) is 6.19. The van der Waals surface area contributed by atoms with Gasteiger partial charge in [0.15, 0.2) is 0 Å². The molecular weight excluding hydrogens is 304 g/mol. The lowest BCUT2D eigenvalue weighted by Gasteiger charge is -2.28. The summed E-state index contributed by atoms with van der Waals surface area (Å²) in [7, 11) is 0. The van der Waals surface area contributed by atoms with Gasteiger partial charge in [0.2, 0.25) is 5.91 Å². The van der Waals surface area contributed by atoms with Gasteiger partial charge >= 0.3 is 5.97 Å². The van der Waals surface area contributed by atoms with Crippen LogP contribution in [0.2, 0.25) is 0 Å². The number of aliphatic carboxylic acids is 1. The summed E-state index contributed by atoms with van der Waals surface area (Å²) in [5.41, 5.74) is 0.861. The molecule has 24 heavy (non-hydrogen) atoms. The van der Waals surface area contributed by atoms with Crippen LogP contribution < -0.4 is 4.90 Å². The topological polar surface area (TPSA) is 60.9 Å². The van der Waals surface area contributed by atoms with Gasteiger partial charge in [-0.25, -0.2) is 0 Å². The monoisotopic (exact) mass is 328 g/mol. The molecule has 0 spiro atoms. The first-order valence-electron chi connectivity index (χ1n) is 8.18. The van der Waals surface area contributed by atoms with Crippen molar-refractivity contribution in [2.24, 2.45) is 0 Å². The highest BCUT2D eigenvalue weighted by atomic mass is 16.4. The zero-order valence-corrected chi connectivity index (χ0v) is 14.4. The molecule has 0 bridgehead atoms. The summed E-state index contributed by atoms with van der Waals surface area (Å²) in [6.07, 6.45) is 0. The van der Waals surface area contributed by atoms with Crippen LogP contribution in [-0.4, -0.2) is 47.6 Å². The Hall–Kier alpha value is -2.40. The maximum Gasteiger partial charge on any atom is 0.317 e. The number of hydrogen-bond donors (Lipinski definition) is 1. The van der Waals surface area contributed by atoms with Gasteiger partial charge in [0.1, 0.15) is 0 Å². The smallest absolute Gasteiger partial charge is 0.317 e. The molecule has 0 saturated heterocycles. The Bertz CT molecular complexity index is 722. The lowest BCUT2D eigenvalue weighted by molar-refractivity contribution is -0.139. The summed E-state index contributed by atoms with van der Waals surface area (Å²) >= 11 is 0. The standard InChI is InChI=1S/C19H24N2O3/c1-4-21(18(22)12-20(14(2)3)13-19(23)24)17-11-7-9-15-8-5-6-10-16(15)17/h5-11,14H,4,12-13H2,1-3H3,(H,23,24). The quantitative estimate of drug-likeness (QED) is 0.849. The minimum Gasteiger partial charge on any atom is -0.480 e. The molecule has 2 aromatic rings. The van der Waals surface area contributed by atoms with Crippen molar-refractivity contribution in [1.82, 2.24) is 4.90 Å². The fraction of sp³-hybridized carbons (Fsp3) is 0.368. The van der Waals surface area contributed by atoms with E-state index in [1.807, 2.05) is 63.2 Å². The number of amides is 1. The number of carbonyl (C=O) groups excluding carboxylic acids is 1. The highest BCUT2D eigenvalue weighted by molar-refractivity contribution is 6.04. The van der Waals surface area contributed by atoms with Crippen LogP contribution in [0.3, 0.4) is 0 Å². The first-order chi connectivity index (χ1) is 11.4. The van der Waals surface area contributed by atoms with Crippen molar-refractivity contribution in [2.45, 2.75) is 26.8 Å². The van der Waals surface area contributed by atoms with Crippen molar-refractivity contribution in [3.63, 3.8) is 0 Å². The lowest BCUT2D eigenvalue weighted by Crippen LogP contribution is -2.45. The van der Waals surface area contributed by atoms with E-state index in [2.05, 4.69) is 0 Å². The van der Waals surface area contributed by atoms with Crippen LogP contribution in [-0.2, 0) is 9.59 Å². The Morgan fingerprint density at radius 1 is 1.04 bits per heavy atom. The first-order valence-corrected chi connectivity index (χ1v) is 8.18. The van der Waals surface area contributed by atoms with Gasteiger partial charge in [0.05, 0.1) is 18.8 Å². The Balaban J connectivity index is 2.29. The molecule has 2 aromatic carbocycles. The molecule has 0 heterocycles. The molecule has 1 N–H and O–H groups in total. The van der Waals surface area contributed by atoms with Gasteiger partial charge < -0.3 is 10.0 Å². The Morgan fingerprint density at radius 3 is 2.33 bits per heavy atom. The number of carboxylic acid groups (broad SMARTS) is 1. The van der Waals surface area contributed by atoms with E-state index in [0.29, 0.717) is 6.54 Å². The lowest BCUT2D eigenvalue weighted by atomic mass is 10.1. The predicted octanol–water partition coefficient (Wildman–Crippen LogP) is 2.99. The van der Waals surface area contributed by atoms with Crippen molar-refractivity contribution in [1.29, 1.82) is 0 Å². The zero-order chi connectivity index (χ0) is 17.7. The molecule has 0 aromatic heterocycles. The highest BCUT2D eigenvalue weighted by Crippen LogP contribution is 2.26. The van der Waals surface area contributed by atoms with Crippen molar-refractivity contribution < 1.29 is 14.7 Å². The molecule has 2 rings (SSSR count). The van der Waals surface area contributed by atoms with E-state index in [1.165, 1.54) is 0 Å². The normalized spacial score (nSPS) is 11.2. The van der Waals surface area contributed by atoms with Crippen molar-refractivity contribution >= 4 is 28.3 Å². The number of anilines is 1. The van der Waals surface area contributed by atoms with E-state index in [9.17, 15) is 9.59 Å². The number of nitrogens with zero attached hydrogens (tertiary/aromatic N) is 2. The van der Waals surface area contributed by atoms with E-state index in [0.717, 1.165) is 16.5 Å². The Kier molecular flexibility index (Phi) is 5.93. The predicted molar refractivity (Wildman–Crippen MR) is 96.3 cm³/mol. The minimum atomic E-state index is -0.926. The number of hydrogen-bond acceptors (Lipinski definition) is 3. The molecule has 0 saturated carbocycles. The van der Waals surface area contributed by atoms with E-state index in [4.69, 9.17) is 5.11 Å². The fourth-order valence-electron chi connectivity index (χ4n) is 2.78. The van der Waals surface area contributed by atoms with Crippen LogP contribution in [0.5, 0.6) is 0 Å². The maximum atomic E-state index is 12.8. The molecule has 0 unspecified atom stereocenters. The van der Waals surface area contributed by atoms with E-state index in [1.54, 1.807) is 9.80 Å². The van der Waals surface area contributed by atoms with Gasteiger partial charge in [0, 0.05) is 18.0 Å². The molecule has 128 valence electrons. The van der Waals surface area contributed by atoms with Crippen molar-refractivity contribution in [3.05, 3.63) is 42.5 Å². The molecule has 1 amide bonds. The molecule has 5 heteroatoms. The van der Waals surface area contributed by atoms with Gasteiger partial charge in [0.25, 0.3) is 0 Å². The first kappa shape index (κ1) is 17.9. The second-order valence-electron chi connectivity index (χ2n) is 6.03. The van der Waals surface area contributed by atoms with Crippen molar-refractivity contribution in [2.75, 3.05) is 24.5 Å². The van der Waals surface area contributed by atoms with Crippen LogP contribution in [0.4, 0.5) is 5.69 Å². The van der Waals surface area contributed by atoms with Gasteiger partial charge in [-0.05, 0) is 32.2 Å². The molecule has 0 aliphatic carbocycles. The third-order valence-electron chi connectivity index (χ3n) is 4.08. The summed E-state index contributed by atoms with van der Waals surface area (Å²) in [5.74, 6) is -1.02. The number of fused-ring (bicyclic) bond motifs is 1. The molecule has 0 atom stereocenters. The molecular formula is C19H24N2O3.